The van der Waals surface area contributed by atoms with Gasteiger partial charge in [0.05, 0.1) is 12.6 Å². The molecule has 0 bridgehead atoms. The predicted octanol–water partition coefficient (Wildman–Crippen LogP) is 1.44. The number of nitrogens with zero attached hydrogens (tertiary/aromatic N) is 1. The number of aromatic nitrogens is 1. The summed E-state index contributed by atoms with van der Waals surface area (Å²) in [6.45, 7) is 1.90. The van der Waals surface area contributed by atoms with Crippen LogP contribution in [0.3, 0.4) is 0 Å². The first-order valence-electron chi connectivity index (χ1n) is 5.95. The van der Waals surface area contributed by atoms with Gasteiger partial charge in [-0.2, -0.15) is 0 Å². The van der Waals surface area contributed by atoms with Crippen molar-refractivity contribution in [3.8, 4) is 5.75 Å². The Labute approximate surface area is 106 Å². The van der Waals surface area contributed by atoms with Gasteiger partial charge in [0.2, 0.25) is 0 Å². The van der Waals surface area contributed by atoms with Crippen LogP contribution in [-0.2, 0) is 13.5 Å². The van der Waals surface area contributed by atoms with Gasteiger partial charge in [0.15, 0.2) is 0 Å². The van der Waals surface area contributed by atoms with E-state index in [2.05, 4.69) is 0 Å². The van der Waals surface area contributed by atoms with Crippen molar-refractivity contribution >= 4 is 10.9 Å². The van der Waals surface area contributed by atoms with Crippen molar-refractivity contribution in [2.75, 3.05) is 7.11 Å². The van der Waals surface area contributed by atoms with E-state index < -0.39 is 0 Å². The normalized spacial score (nSPS) is 12.7. The van der Waals surface area contributed by atoms with Crippen molar-refractivity contribution in [2.24, 2.45) is 12.8 Å². The molecule has 1 aromatic carbocycles. The highest BCUT2D eigenvalue weighted by Gasteiger charge is 2.09. The summed E-state index contributed by atoms with van der Waals surface area (Å²) in [5, 5.41) is 0.993. The van der Waals surface area contributed by atoms with Gasteiger partial charge in [-0.05, 0) is 37.6 Å². The largest absolute Gasteiger partial charge is 0.497 e. The van der Waals surface area contributed by atoms with Crippen LogP contribution >= 0.6 is 0 Å². The van der Waals surface area contributed by atoms with Gasteiger partial charge in [-0.15, -0.1) is 0 Å². The molecule has 0 radical (unpaired) electrons. The third-order valence-electron chi connectivity index (χ3n) is 3.05. The van der Waals surface area contributed by atoms with Gasteiger partial charge in [0.25, 0.3) is 5.56 Å². The maximum Gasteiger partial charge on any atom is 0.254 e. The summed E-state index contributed by atoms with van der Waals surface area (Å²) in [4.78, 5) is 12.1. The summed E-state index contributed by atoms with van der Waals surface area (Å²) in [7, 11) is 3.41. The van der Waals surface area contributed by atoms with Crippen LogP contribution in [-0.4, -0.2) is 17.7 Å². The standard InChI is InChI=1S/C14H18N2O2/c1-9(15)6-11-7-10-8-12(18-3)4-5-13(10)16(2)14(11)17/h4-5,7-9H,6,15H2,1-3H3. The average molecular weight is 246 g/mol. The monoisotopic (exact) mass is 246 g/mol. The molecule has 0 aliphatic rings. The fraction of sp³-hybridized carbons (Fsp3) is 0.357. The van der Waals surface area contributed by atoms with E-state index in [1.807, 2.05) is 31.2 Å². The van der Waals surface area contributed by atoms with Crippen LogP contribution in [0.5, 0.6) is 5.75 Å². The predicted molar refractivity (Wildman–Crippen MR) is 73.1 cm³/mol. The minimum absolute atomic E-state index is 0.0185. The Morgan fingerprint density at radius 1 is 1.39 bits per heavy atom. The Kier molecular flexibility index (Phi) is 3.39. The number of ether oxygens (including phenoxy) is 1. The summed E-state index contributed by atoms with van der Waals surface area (Å²) >= 11 is 0. The molecule has 0 spiro atoms. The van der Waals surface area contributed by atoms with Gasteiger partial charge >= 0.3 is 0 Å². The Bertz CT molecular complexity index is 629. The van der Waals surface area contributed by atoms with E-state index in [1.54, 1.807) is 18.7 Å². The lowest BCUT2D eigenvalue weighted by Crippen LogP contribution is -2.27. The molecule has 2 N–H and O–H groups in total. The van der Waals surface area contributed by atoms with E-state index in [4.69, 9.17) is 10.5 Å². The molecule has 0 amide bonds. The number of rotatable bonds is 3. The average Bonchev–Trinajstić information content (AvgIpc) is 2.34. The lowest BCUT2D eigenvalue weighted by atomic mass is 10.1. The molecule has 2 aromatic rings. The van der Waals surface area contributed by atoms with Gasteiger partial charge in [0.1, 0.15) is 5.75 Å². The Hall–Kier alpha value is -1.81. The summed E-state index contributed by atoms with van der Waals surface area (Å²) < 4.78 is 6.86. The first-order valence-corrected chi connectivity index (χ1v) is 5.95. The lowest BCUT2D eigenvalue weighted by molar-refractivity contribution is 0.415. The SMILES string of the molecule is COc1ccc2c(c1)cc(CC(C)N)c(=O)n2C. The van der Waals surface area contributed by atoms with Crippen LogP contribution in [0.4, 0.5) is 0 Å². The Balaban J connectivity index is 2.67. The summed E-state index contributed by atoms with van der Waals surface area (Å²) in [5.74, 6) is 0.785. The number of hydrogen-bond acceptors (Lipinski definition) is 3. The molecule has 4 nitrogen and oxygen atoms in total. The summed E-state index contributed by atoms with van der Waals surface area (Å²) in [5.41, 5.74) is 7.43. The maximum absolute atomic E-state index is 12.1. The van der Waals surface area contributed by atoms with Gasteiger partial charge < -0.3 is 15.0 Å². The maximum atomic E-state index is 12.1. The number of aryl methyl sites for hydroxylation is 1. The van der Waals surface area contributed by atoms with E-state index in [1.165, 1.54) is 0 Å². The van der Waals surface area contributed by atoms with E-state index in [0.29, 0.717) is 6.42 Å². The van der Waals surface area contributed by atoms with Crippen molar-refractivity contribution in [3.63, 3.8) is 0 Å². The van der Waals surface area contributed by atoms with Crippen LogP contribution < -0.4 is 16.0 Å². The second-order valence-corrected chi connectivity index (χ2v) is 4.64. The van der Waals surface area contributed by atoms with E-state index in [9.17, 15) is 4.79 Å². The smallest absolute Gasteiger partial charge is 0.254 e. The van der Waals surface area contributed by atoms with Crippen LogP contribution in [0.2, 0.25) is 0 Å². The molecule has 1 heterocycles. The number of benzene rings is 1. The topological polar surface area (TPSA) is 57.2 Å². The van der Waals surface area contributed by atoms with Crippen molar-refractivity contribution in [1.82, 2.24) is 4.57 Å². The number of pyridine rings is 1. The van der Waals surface area contributed by atoms with Crippen LogP contribution in [0, 0.1) is 0 Å². The number of hydrogen-bond donors (Lipinski definition) is 1. The third-order valence-corrected chi connectivity index (χ3v) is 3.05. The van der Waals surface area contributed by atoms with Crippen LogP contribution in [0.15, 0.2) is 29.1 Å². The molecule has 96 valence electrons. The quantitative estimate of drug-likeness (QED) is 0.891. The highest BCUT2D eigenvalue weighted by atomic mass is 16.5. The van der Waals surface area contributed by atoms with Gasteiger partial charge in [-0.1, -0.05) is 0 Å². The molecule has 0 aliphatic carbocycles. The first kappa shape index (κ1) is 12.6. The fourth-order valence-electron chi connectivity index (χ4n) is 2.15. The number of methoxy groups -OCH3 is 1. The van der Waals surface area contributed by atoms with Crippen molar-refractivity contribution < 1.29 is 4.74 Å². The minimum atomic E-state index is -0.0271. The zero-order valence-electron chi connectivity index (χ0n) is 10.9. The lowest BCUT2D eigenvalue weighted by Gasteiger charge is -2.11. The third kappa shape index (κ3) is 2.24. The molecule has 2 rings (SSSR count). The first-order chi connectivity index (χ1) is 8.52. The van der Waals surface area contributed by atoms with Crippen molar-refractivity contribution in [2.45, 2.75) is 19.4 Å². The van der Waals surface area contributed by atoms with E-state index in [0.717, 1.165) is 22.2 Å². The zero-order valence-corrected chi connectivity index (χ0v) is 10.9. The Morgan fingerprint density at radius 2 is 2.11 bits per heavy atom. The van der Waals surface area contributed by atoms with Crippen LogP contribution in [0.1, 0.15) is 12.5 Å². The highest BCUT2D eigenvalue weighted by molar-refractivity contribution is 5.81. The zero-order chi connectivity index (χ0) is 13.3. The molecule has 0 saturated carbocycles. The molecular formula is C14H18N2O2. The second kappa shape index (κ2) is 4.82. The molecule has 0 saturated heterocycles. The van der Waals surface area contributed by atoms with Crippen LogP contribution in [0.25, 0.3) is 10.9 Å². The minimum Gasteiger partial charge on any atom is -0.497 e. The van der Waals surface area contributed by atoms with Crippen molar-refractivity contribution in [1.29, 1.82) is 0 Å². The molecule has 1 unspecified atom stereocenters. The van der Waals surface area contributed by atoms with E-state index >= 15 is 0 Å². The molecule has 0 aliphatic heterocycles. The van der Waals surface area contributed by atoms with Gasteiger partial charge in [-0.25, -0.2) is 0 Å². The van der Waals surface area contributed by atoms with Crippen molar-refractivity contribution in [3.05, 3.63) is 40.2 Å². The number of fused-ring (bicyclic) bond motifs is 1. The fourth-order valence-corrected chi connectivity index (χ4v) is 2.15. The summed E-state index contributed by atoms with van der Waals surface area (Å²) in [6.07, 6.45) is 0.583. The highest BCUT2D eigenvalue weighted by Crippen LogP contribution is 2.20. The molecule has 0 fully saturated rings. The summed E-state index contributed by atoms with van der Waals surface area (Å²) in [6, 6.07) is 7.56. The molecule has 4 heteroatoms. The molecule has 1 atom stereocenters. The van der Waals surface area contributed by atoms with Gasteiger partial charge in [-0.3, -0.25) is 4.79 Å². The second-order valence-electron chi connectivity index (χ2n) is 4.64. The Morgan fingerprint density at radius 3 is 2.72 bits per heavy atom. The molecule has 18 heavy (non-hydrogen) atoms. The molecule has 1 aromatic heterocycles. The van der Waals surface area contributed by atoms with E-state index in [-0.39, 0.29) is 11.6 Å². The number of nitrogens with two attached hydrogens (primary N) is 1. The molecular weight excluding hydrogens is 228 g/mol. The van der Waals surface area contributed by atoms with Gasteiger partial charge in [0, 0.05) is 24.0 Å².